The van der Waals surface area contributed by atoms with Crippen LogP contribution in [0, 0.1) is 19.3 Å². The van der Waals surface area contributed by atoms with Crippen molar-refractivity contribution < 1.29 is 14.3 Å². The van der Waals surface area contributed by atoms with Crippen molar-refractivity contribution in [1.82, 2.24) is 20.6 Å². The summed E-state index contributed by atoms with van der Waals surface area (Å²) < 4.78 is 12.0. The van der Waals surface area contributed by atoms with Crippen LogP contribution in [0.4, 0.5) is 10.6 Å². The molecule has 0 bridgehead atoms. The number of nitrogens with one attached hydrogen (secondary N) is 3. The lowest BCUT2D eigenvalue weighted by molar-refractivity contribution is -0.0159. The first-order valence-corrected chi connectivity index (χ1v) is 9.17. The van der Waals surface area contributed by atoms with Crippen LogP contribution >= 0.6 is 15.9 Å². The molecule has 0 saturated carbocycles. The van der Waals surface area contributed by atoms with Gasteiger partial charge in [0, 0.05) is 13.1 Å². The average molecular weight is 436 g/mol. The first kappa shape index (κ1) is 20.9. The van der Waals surface area contributed by atoms with Gasteiger partial charge in [-0.1, -0.05) is 5.92 Å². The number of terminal acetylenes is 1. The van der Waals surface area contributed by atoms with Gasteiger partial charge >= 0.3 is 6.03 Å². The van der Waals surface area contributed by atoms with E-state index in [0.717, 1.165) is 18.8 Å². The molecule has 0 aliphatic carbocycles. The molecule has 9 heteroatoms. The Morgan fingerprint density at radius 1 is 1.52 bits per heavy atom. The zero-order chi connectivity index (χ0) is 19.5. The molecule has 1 unspecified atom stereocenters. The lowest BCUT2D eigenvalue weighted by Crippen LogP contribution is -2.41. The Morgan fingerprint density at radius 2 is 2.37 bits per heavy atom. The second-order valence-corrected chi connectivity index (χ2v) is 6.50. The van der Waals surface area contributed by atoms with E-state index in [1.807, 2.05) is 6.92 Å². The van der Waals surface area contributed by atoms with E-state index in [1.54, 1.807) is 18.3 Å². The maximum absolute atomic E-state index is 12.0. The lowest BCUT2D eigenvalue weighted by Gasteiger charge is -2.24. The highest BCUT2D eigenvalue weighted by molar-refractivity contribution is 9.12. The molecule has 1 aromatic heterocycles. The van der Waals surface area contributed by atoms with Gasteiger partial charge in [-0.15, -0.1) is 6.42 Å². The number of hydrogen-bond donors (Lipinski definition) is 3. The zero-order valence-corrected chi connectivity index (χ0v) is 16.6. The summed E-state index contributed by atoms with van der Waals surface area (Å²) in [6, 6.07) is -0.418. The lowest BCUT2D eigenvalue weighted by atomic mass is 10.3. The van der Waals surface area contributed by atoms with Crippen molar-refractivity contribution in [1.29, 1.82) is 0 Å². The predicted octanol–water partition coefficient (Wildman–Crippen LogP) is 1.71. The number of urea groups is 1. The van der Waals surface area contributed by atoms with Crippen molar-refractivity contribution in [2.75, 3.05) is 38.2 Å². The van der Waals surface area contributed by atoms with Gasteiger partial charge in [-0.05, 0) is 35.0 Å². The smallest absolute Gasteiger partial charge is 0.320 e. The minimum absolute atomic E-state index is 0.0427. The fourth-order valence-corrected chi connectivity index (χ4v) is 2.22. The van der Waals surface area contributed by atoms with Crippen molar-refractivity contribution in [3.8, 4) is 12.3 Å². The van der Waals surface area contributed by atoms with Crippen LogP contribution in [0.15, 0.2) is 34.8 Å². The molecule has 1 aromatic rings. The van der Waals surface area contributed by atoms with Gasteiger partial charge in [0.1, 0.15) is 18.5 Å². The van der Waals surface area contributed by atoms with Gasteiger partial charge in [-0.25, -0.2) is 9.78 Å². The fraction of sp³-hybridized carbons (Fsp3) is 0.389. The number of hydrogen-bond acceptors (Lipinski definition) is 6. The van der Waals surface area contributed by atoms with Gasteiger partial charge < -0.3 is 20.1 Å². The molecule has 1 atom stereocenters. The van der Waals surface area contributed by atoms with E-state index in [0.29, 0.717) is 29.3 Å². The molecular formula is C18H22BrN5O3. The number of aryl methyl sites for hydroxylation is 1. The van der Waals surface area contributed by atoms with E-state index < -0.39 is 6.03 Å². The van der Waals surface area contributed by atoms with Gasteiger partial charge in [0.15, 0.2) is 5.82 Å². The van der Waals surface area contributed by atoms with Crippen molar-refractivity contribution >= 4 is 27.8 Å². The van der Waals surface area contributed by atoms with E-state index in [4.69, 9.17) is 15.9 Å². The highest BCUT2D eigenvalue weighted by atomic mass is 79.9. The Kier molecular flexibility index (Phi) is 8.77. The standard InChI is InChI=1S/C18H22BrN5O3/c1-3-14(19)4-5-15(27-12-16-9-20-6-7-26-16)10-23-18(25)24-17-11-21-13(2)8-22-17/h1,4-5,8,11,16,20H,6-7,9-10,12H2,2H3,(H2,22,23,24,25)/b14-4+,15-5+. The number of nitrogens with zero attached hydrogens (tertiary/aromatic N) is 2. The number of morpholine rings is 1. The summed E-state index contributed by atoms with van der Waals surface area (Å²) in [5, 5.41) is 8.56. The number of anilines is 1. The third kappa shape index (κ3) is 8.21. The molecule has 27 heavy (non-hydrogen) atoms. The summed E-state index contributed by atoms with van der Waals surface area (Å²) >= 11 is 3.24. The van der Waals surface area contributed by atoms with Crippen LogP contribution in [-0.2, 0) is 9.47 Å². The monoisotopic (exact) mass is 435 g/mol. The Bertz CT molecular complexity index is 722. The van der Waals surface area contributed by atoms with Crippen LogP contribution in [0.2, 0.25) is 0 Å². The number of ether oxygens (including phenoxy) is 2. The summed E-state index contributed by atoms with van der Waals surface area (Å²) in [5.41, 5.74) is 0.768. The molecule has 1 aliphatic heterocycles. The number of carbonyl (C=O) groups excluding carboxylic acids is 1. The third-order valence-corrected chi connectivity index (χ3v) is 3.95. The highest BCUT2D eigenvalue weighted by Crippen LogP contribution is 2.07. The van der Waals surface area contributed by atoms with Crippen LogP contribution in [0.1, 0.15) is 5.69 Å². The number of allylic oxidation sites excluding steroid dienone is 3. The Morgan fingerprint density at radius 3 is 3.04 bits per heavy atom. The third-order valence-electron chi connectivity index (χ3n) is 3.46. The van der Waals surface area contributed by atoms with Crippen molar-refractivity contribution in [3.05, 3.63) is 40.5 Å². The van der Waals surface area contributed by atoms with Crippen LogP contribution in [0.5, 0.6) is 0 Å². The fourth-order valence-electron chi connectivity index (χ4n) is 2.08. The average Bonchev–Trinajstić information content (AvgIpc) is 2.69. The molecule has 0 radical (unpaired) electrons. The molecule has 1 aliphatic rings. The second-order valence-electron chi connectivity index (χ2n) is 5.65. The summed E-state index contributed by atoms with van der Waals surface area (Å²) in [4.78, 5) is 20.2. The molecule has 8 nitrogen and oxygen atoms in total. The van der Waals surface area contributed by atoms with Gasteiger partial charge in [-0.2, -0.15) is 0 Å². The minimum atomic E-state index is -0.418. The molecule has 144 valence electrons. The maximum Gasteiger partial charge on any atom is 0.320 e. The SMILES string of the molecule is C#C/C(Br)=C\C=C(/CNC(=O)Nc1cnc(C)cn1)OCC1CNCCO1. The van der Waals surface area contributed by atoms with E-state index >= 15 is 0 Å². The van der Waals surface area contributed by atoms with E-state index in [1.165, 1.54) is 6.20 Å². The summed E-state index contributed by atoms with van der Waals surface area (Å²) in [6.07, 6.45) is 11.7. The quantitative estimate of drug-likeness (QED) is 0.342. The number of halogens is 1. The molecule has 1 fully saturated rings. The summed E-state index contributed by atoms with van der Waals surface area (Å²) in [5.74, 6) is 3.36. The van der Waals surface area contributed by atoms with Crippen molar-refractivity contribution in [2.24, 2.45) is 0 Å². The Hall–Kier alpha value is -2.41. The number of aromatic nitrogens is 2. The van der Waals surface area contributed by atoms with Crippen LogP contribution in [0.3, 0.4) is 0 Å². The topological polar surface area (TPSA) is 97.4 Å². The van der Waals surface area contributed by atoms with Gasteiger partial charge in [0.25, 0.3) is 0 Å². The first-order chi connectivity index (χ1) is 13.1. The summed E-state index contributed by atoms with van der Waals surface area (Å²) in [7, 11) is 0. The van der Waals surface area contributed by atoms with Crippen molar-refractivity contribution in [3.63, 3.8) is 0 Å². The van der Waals surface area contributed by atoms with Gasteiger partial charge in [0.05, 0.1) is 35.7 Å². The molecule has 2 rings (SSSR count). The van der Waals surface area contributed by atoms with E-state index in [2.05, 4.69) is 47.8 Å². The largest absolute Gasteiger partial charge is 0.493 e. The number of amides is 2. The predicted molar refractivity (Wildman–Crippen MR) is 106 cm³/mol. The Balaban J connectivity index is 1.88. The molecule has 2 heterocycles. The number of carbonyl (C=O) groups is 1. The van der Waals surface area contributed by atoms with Crippen molar-refractivity contribution in [2.45, 2.75) is 13.0 Å². The maximum atomic E-state index is 12.0. The minimum Gasteiger partial charge on any atom is -0.493 e. The van der Waals surface area contributed by atoms with Gasteiger partial charge in [-0.3, -0.25) is 10.3 Å². The van der Waals surface area contributed by atoms with Crippen LogP contribution in [-0.4, -0.2) is 55.0 Å². The number of rotatable bonds is 7. The van der Waals surface area contributed by atoms with Crippen LogP contribution < -0.4 is 16.0 Å². The zero-order valence-electron chi connectivity index (χ0n) is 15.0. The normalized spacial score (nSPS) is 17.7. The van der Waals surface area contributed by atoms with E-state index in [-0.39, 0.29) is 12.6 Å². The molecule has 3 N–H and O–H groups in total. The summed E-state index contributed by atoms with van der Waals surface area (Å²) in [6.45, 7) is 4.56. The second kappa shape index (κ2) is 11.3. The van der Waals surface area contributed by atoms with Crippen LogP contribution in [0.25, 0.3) is 0 Å². The molecule has 2 amide bonds. The van der Waals surface area contributed by atoms with Gasteiger partial charge in [0.2, 0.25) is 0 Å². The van der Waals surface area contributed by atoms with E-state index in [9.17, 15) is 4.79 Å². The highest BCUT2D eigenvalue weighted by Gasteiger charge is 2.14. The molecule has 0 spiro atoms. The Labute approximate surface area is 166 Å². The molecule has 1 saturated heterocycles. The molecule has 0 aromatic carbocycles. The first-order valence-electron chi connectivity index (χ1n) is 8.38. The molecular weight excluding hydrogens is 414 g/mol.